The van der Waals surface area contributed by atoms with Crippen LogP contribution in [0.25, 0.3) is 0 Å². The monoisotopic (exact) mass is 460 g/mol. The Morgan fingerprint density at radius 3 is 2.35 bits per heavy atom. The fourth-order valence-electron chi connectivity index (χ4n) is 2.32. The molecule has 0 saturated heterocycles. The molecule has 11 heteroatoms. The number of nitrogens with one attached hydrogen (secondary N) is 2. The number of nitrogens with zero attached hydrogens (tertiary/aromatic N) is 2. The van der Waals surface area contributed by atoms with E-state index in [2.05, 4.69) is 20.8 Å². The topological polar surface area (TPSA) is 110 Å². The molecule has 0 atom stereocenters. The van der Waals surface area contributed by atoms with Gasteiger partial charge in [0.15, 0.2) is 4.34 Å². The van der Waals surface area contributed by atoms with Crippen molar-refractivity contribution in [2.75, 3.05) is 23.0 Å². The molecule has 2 aromatic carbocycles. The van der Waals surface area contributed by atoms with Crippen molar-refractivity contribution < 1.29 is 23.5 Å². The van der Waals surface area contributed by atoms with Gasteiger partial charge in [-0.05, 0) is 55.5 Å². The molecule has 0 unspecified atom stereocenters. The smallest absolute Gasteiger partial charge is 0.338 e. The highest BCUT2D eigenvalue weighted by Crippen LogP contribution is 2.26. The molecule has 0 aliphatic rings. The van der Waals surface area contributed by atoms with Crippen LogP contribution >= 0.6 is 23.1 Å². The molecule has 0 saturated carbocycles. The van der Waals surface area contributed by atoms with Gasteiger partial charge in [-0.15, -0.1) is 10.2 Å². The van der Waals surface area contributed by atoms with Gasteiger partial charge in [-0.1, -0.05) is 23.1 Å². The first-order valence-electron chi connectivity index (χ1n) is 9.05. The molecule has 1 aromatic heterocycles. The number of hydrogen-bond acceptors (Lipinski definition) is 8. The summed E-state index contributed by atoms with van der Waals surface area (Å²) in [5.41, 5.74) is 1.24. The number of aromatic nitrogens is 2. The van der Waals surface area contributed by atoms with Crippen LogP contribution in [0.2, 0.25) is 0 Å². The van der Waals surface area contributed by atoms with Crippen molar-refractivity contribution in [3.05, 3.63) is 65.5 Å². The fourth-order valence-corrected chi connectivity index (χ4v) is 3.86. The fraction of sp³-hybridized carbons (Fsp3) is 0.150. The second kappa shape index (κ2) is 10.6. The van der Waals surface area contributed by atoms with Gasteiger partial charge in [-0.3, -0.25) is 14.9 Å². The minimum atomic E-state index is -0.434. The predicted molar refractivity (Wildman–Crippen MR) is 116 cm³/mol. The molecule has 0 radical (unpaired) electrons. The summed E-state index contributed by atoms with van der Waals surface area (Å²) in [7, 11) is 0. The zero-order chi connectivity index (χ0) is 22.2. The third-order valence-electron chi connectivity index (χ3n) is 3.74. The summed E-state index contributed by atoms with van der Waals surface area (Å²) in [6.45, 7) is 2.02. The first-order valence-corrected chi connectivity index (χ1v) is 10.8. The largest absolute Gasteiger partial charge is 0.462 e. The average Bonchev–Trinajstić information content (AvgIpc) is 3.20. The molecule has 3 aromatic rings. The number of amides is 2. The van der Waals surface area contributed by atoms with Crippen LogP contribution in [0.3, 0.4) is 0 Å². The highest BCUT2D eigenvalue weighted by Gasteiger charge is 2.12. The summed E-state index contributed by atoms with van der Waals surface area (Å²) < 4.78 is 18.4. The van der Waals surface area contributed by atoms with E-state index in [1.54, 1.807) is 31.2 Å². The zero-order valence-electron chi connectivity index (χ0n) is 16.3. The number of hydrogen-bond donors (Lipinski definition) is 2. The Morgan fingerprint density at radius 1 is 1.00 bits per heavy atom. The summed E-state index contributed by atoms with van der Waals surface area (Å²) in [6.07, 6.45) is 0. The number of carbonyl (C=O) groups is 3. The molecule has 31 heavy (non-hydrogen) atoms. The van der Waals surface area contributed by atoms with E-state index in [0.29, 0.717) is 21.2 Å². The maximum atomic E-state index is 12.9. The lowest BCUT2D eigenvalue weighted by atomic mass is 10.2. The second-order valence-electron chi connectivity index (χ2n) is 5.97. The van der Waals surface area contributed by atoms with Gasteiger partial charge in [0.05, 0.1) is 17.9 Å². The highest BCUT2D eigenvalue weighted by molar-refractivity contribution is 8.01. The predicted octanol–water partition coefficient (Wildman–Crippen LogP) is 3.84. The van der Waals surface area contributed by atoms with Crippen LogP contribution in [-0.4, -0.2) is 40.3 Å². The van der Waals surface area contributed by atoms with E-state index in [9.17, 15) is 18.8 Å². The highest BCUT2D eigenvalue weighted by atomic mass is 32.2. The minimum absolute atomic E-state index is 0.0835. The van der Waals surface area contributed by atoms with E-state index in [-0.39, 0.29) is 23.4 Å². The Morgan fingerprint density at radius 2 is 1.68 bits per heavy atom. The maximum Gasteiger partial charge on any atom is 0.338 e. The minimum Gasteiger partial charge on any atom is -0.462 e. The molecule has 0 bridgehead atoms. The van der Waals surface area contributed by atoms with Crippen LogP contribution < -0.4 is 10.6 Å². The normalized spacial score (nSPS) is 10.4. The Bertz CT molecular complexity index is 1070. The van der Waals surface area contributed by atoms with E-state index in [1.807, 2.05) is 0 Å². The zero-order valence-corrected chi connectivity index (χ0v) is 17.9. The first kappa shape index (κ1) is 22.4. The van der Waals surface area contributed by atoms with Crippen molar-refractivity contribution in [1.29, 1.82) is 0 Å². The van der Waals surface area contributed by atoms with Gasteiger partial charge in [0, 0.05) is 11.3 Å². The standard InChI is InChI=1S/C20H17FN4O4S2/c1-2-29-18(28)13-5-9-15(10-6-13)22-16(26)11-30-20-25-24-19(31-20)23-17(27)12-3-7-14(21)8-4-12/h3-10H,2,11H2,1H3,(H,22,26)(H,23,24,27). The van der Waals surface area contributed by atoms with Gasteiger partial charge < -0.3 is 10.1 Å². The van der Waals surface area contributed by atoms with Gasteiger partial charge in [0.1, 0.15) is 5.82 Å². The van der Waals surface area contributed by atoms with E-state index in [0.717, 1.165) is 11.3 Å². The molecule has 2 amide bonds. The van der Waals surface area contributed by atoms with Crippen LogP contribution in [0.1, 0.15) is 27.6 Å². The third-order valence-corrected chi connectivity index (χ3v) is 5.71. The van der Waals surface area contributed by atoms with Crippen LogP contribution in [0, 0.1) is 5.82 Å². The lowest BCUT2D eigenvalue weighted by molar-refractivity contribution is -0.113. The molecule has 2 N–H and O–H groups in total. The Balaban J connectivity index is 1.47. The Kier molecular flexibility index (Phi) is 7.68. The summed E-state index contributed by atoms with van der Waals surface area (Å²) in [5, 5.41) is 13.4. The van der Waals surface area contributed by atoms with Gasteiger partial charge in [0.2, 0.25) is 11.0 Å². The molecule has 1 heterocycles. The summed E-state index contributed by atoms with van der Waals surface area (Å²) in [6, 6.07) is 11.5. The van der Waals surface area contributed by atoms with E-state index in [1.165, 1.54) is 36.0 Å². The van der Waals surface area contributed by atoms with Gasteiger partial charge >= 0.3 is 5.97 Å². The molecular formula is C20H17FN4O4S2. The lowest BCUT2D eigenvalue weighted by Gasteiger charge is -2.06. The van der Waals surface area contributed by atoms with Gasteiger partial charge in [-0.25, -0.2) is 9.18 Å². The molecule has 8 nitrogen and oxygen atoms in total. The second-order valence-corrected chi connectivity index (χ2v) is 8.17. The molecule has 160 valence electrons. The number of anilines is 2. The van der Waals surface area contributed by atoms with Crippen molar-refractivity contribution >= 4 is 51.7 Å². The summed E-state index contributed by atoms with van der Waals surface area (Å²) >= 11 is 2.29. The number of esters is 1. The van der Waals surface area contributed by atoms with Crippen molar-refractivity contribution in [2.24, 2.45) is 0 Å². The molecule has 0 spiro atoms. The first-order chi connectivity index (χ1) is 14.9. The van der Waals surface area contributed by atoms with Gasteiger partial charge in [0.25, 0.3) is 5.91 Å². The van der Waals surface area contributed by atoms with Crippen molar-refractivity contribution in [3.63, 3.8) is 0 Å². The molecule has 3 rings (SSSR count). The lowest BCUT2D eigenvalue weighted by Crippen LogP contribution is -2.14. The van der Waals surface area contributed by atoms with Crippen LogP contribution in [0.15, 0.2) is 52.9 Å². The molecular weight excluding hydrogens is 443 g/mol. The number of carbonyl (C=O) groups excluding carboxylic acids is 3. The van der Waals surface area contributed by atoms with Gasteiger partial charge in [-0.2, -0.15) is 0 Å². The molecule has 0 fully saturated rings. The van der Waals surface area contributed by atoms with Crippen molar-refractivity contribution in [3.8, 4) is 0 Å². The average molecular weight is 461 g/mol. The van der Waals surface area contributed by atoms with Crippen molar-refractivity contribution in [1.82, 2.24) is 10.2 Å². The van der Waals surface area contributed by atoms with E-state index < -0.39 is 17.7 Å². The quantitative estimate of drug-likeness (QED) is 0.299. The summed E-state index contributed by atoms with van der Waals surface area (Å²) in [5.74, 6) is -1.47. The van der Waals surface area contributed by atoms with Crippen LogP contribution in [0.5, 0.6) is 0 Å². The maximum absolute atomic E-state index is 12.9. The van der Waals surface area contributed by atoms with Crippen molar-refractivity contribution in [2.45, 2.75) is 11.3 Å². The molecule has 0 aliphatic heterocycles. The van der Waals surface area contributed by atoms with E-state index in [4.69, 9.17) is 4.74 Å². The van der Waals surface area contributed by atoms with Crippen LogP contribution in [0.4, 0.5) is 15.2 Å². The number of rotatable bonds is 8. The summed E-state index contributed by atoms with van der Waals surface area (Å²) in [4.78, 5) is 35.9. The number of benzene rings is 2. The molecule has 0 aliphatic carbocycles. The number of ether oxygens (including phenoxy) is 1. The van der Waals surface area contributed by atoms with Crippen LogP contribution in [-0.2, 0) is 9.53 Å². The number of halogens is 1. The van der Waals surface area contributed by atoms with E-state index >= 15 is 0 Å². The Hall–Kier alpha value is -3.31. The third kappa shape index (κ3) is 6.59. The number of thioether (sulfide) groups is 1. The SMILES string of the molecule is CCOC(=O)c1ccc(NC(=O)CSc2nnc(NC(=O)c3ccc(F)cc3)s2)cc1. The Labute approximate surface area is 185 Å².